The molecule has 0 radical (unpaired) electrons. The number of thiazole rings is 1. The van der Waals surface area contributed by atoms with Gasteiger partial charge >= 0.3 is 0 Å². The molecule has 1 aromatic heterocycles. The molecular formula is C12H18N2OS2. The van der Waals surface area contributed by atoms with Gasteiger partial charge in [0.1, 0.15) is 5.01 Å². The molecule has 0 saturated carbocycles. The molecule has 2 aliphatic rings. The second kappa shape index (κ2) is 4.88. The summed E-state index contributed by atoms with van der Waals surface area (Å²) in [6, 6.07) is 0. The molecule has 0 aromatic carbocycles. The van der Waals surface area contributed by atoms with Crippen molar-refractivity contribution in [3.8, 4) is 0 Å². The molecule has 0 bridgehead atoms. The van der Waals surface area contributed by atoms with Crippen LogP contribution in [0.2, 0.25) is 0 Å². The summed E-state index contributed by atoms with van der Waals surface area (Å²) in [7, 11) is 0. The first kappa shape index (κ1) is 12.0. The maximum atomic E-state index is 6.45. The van der Waals surface area contributed by atoms with Gasteiger partial charge < -0.3 is 10.5 Å². The van der Waals surface area contributed by atoms with E-state index in [4.69, 9.17) is 15.5 Å². The highest BCUT2D eigenvalue weighted by molar-refractivity contribution is 7.99. The first-order chi connectivity index (χ1) is 8.28. The molecule has 3 heterocycles. The largest absolute Gasteiger partial charge is 0.381 e. The van der Waals surface area contributed by atoms with Gasteiger partial charge in [-0.25, -0.2) is 4.98 Å². The van der Waals surface area contributed by atoms with E-state index in [2.05, 4.69) is 5.38 Å². The summed E-state index contributed by atoms with van der Waals surface area (Å²) in [5.74, 6) is 1.28. The van der Waals surface area contributed by atoms with Crippen molar-refractivity contribution >= 4 is 23.1 Å². The SMILES string of the molecule is NC1(c2csc(C3CCCS3)n2)CCOCC1. The number of thioether (sulfide) groups is 1. The van der Waals surface area contributed by atoms with Crippen molar-refractivity contribution in [3.05, 3.63) is 16.1 Å². The highest BCUT2D eigenvalue weighted by Gasteiger charge is 2.33. The smallest absolute Gasteiger partial charge is 0.106 e. The molecule has 17 heavy (non-hydrogen) atoms. The summed E-state index contributed by atoms with van der Waals surface area (Å²) in [4.78, 5) is 4.80. The van der Waals surface area contributed by atoms with E-state index in [-0.39, 0.29) is 5.54 Å². The van der Waals surface area contributed by atoms with Gasteiger partial charge in [-0.05, 0) is 31.4 Å². The van der Waals surface area contributed by atoms with Gasteiger partial charge in [-0.3, -0.25) is 0 Å². The van der Waals surface area contributed by atoms with Crippen LogP contribution in [0.5, 0.6) is 0 Å². The summed E-state index contributed by atoms with van der Waals surface area (Å²) in [6.45, 7) is 1.53. The average molecular weight is 270 g/mol. The van der Waals surface area contributed by atoms with Gasteiger partial charge in [0.15, 0.2) is 0 Å². The highest BCUT2D eigenvalue weighted by atomic mass is 32.2. The molecule has 1 atom stereocenters. The Morgan fingerprint density at radius 3 is 2.94 bits per heavy atom. The monoisotopic (exact) mass is 270 g/mol. The van der Waals surface area contributed by atoms with Crippen molar-refractivity contribution in [3.63, 3.8) is 0 Å². The Kier molecular flexibility index (Phi) is 3.43. The standard InChI is InChI=1S/C12H18N2OS2/c13-12(3-5-15-6-4-12)10-8-17-11(14-10)9-2-1-7-16-9/h8-9H,1-7,13H2. The molecule has 94 valence electrons. The Bertz CT molecular complexity index is 382. The summed E-state index contributed by atoms with van der Waals surface area (Å²) in [5.41, 5.74) is 7.30. The van der Waals surface area contributed by atoms with Gasteiger partial charge in [0.05, 0.1) is 16.5 Å². The van der Waals surface area contributed by atoms with E-state index < -0.39 is 0 Å². The van der Waals surface area contributed by atoms with Crippen LogP contribution in [0.3, 0.4) is 0 Å². The van der Waals surface area contributed by atoms with Crippen molar-refractivity contribution < 1.29 is 4.74 Å². The number of nitrogens with zero attached hydrogens (tertiary/aromatic N) is 1. The number of nitrogens with two attached hydrogens (primary N) is 1. The first-order valence-electron chi connectivity index (χ1n) is 6.22. The molecule has 1 aromatic rings. The minimum atomic E-state index is -0.240. The first-order valence-corrected chi connectivity index (χ1v) is 8.15. The van der Waals surface area contributed by atoms with E-state index in [0.29, 0.717) is 5.25 Å². The van der Waals surface area contributed by atoms with Gasteiger partial charge in [0.25, 0.3) is 0 Å². The third kappa shape index (κ3) is 2.38. The predicted octanol–water partition coefficient (Wildman–Crippen LogP) is 2.68. The minimum absolute atomic E-state index is 0.240. The van der Waals surface area contributed by atoms with Gasteiger partial charge in [0, 0.05) is 18.6 Å². The molecule has 0 aliphatic carbocycles. The molecule has 2 aliphatic heterocycles. The minimum Gasteiger partial charge on any atom is -0.381 e. The van der Waals surface area contributed by atoms with Crippen LogP contribution in [-0.4, -0.2) is 24.0 Å². The summed E-state index contributed by atoms with van der Waals surface area (Å²) in [5, 5.41) is 4.07. The van der Waals surface area contributed by atoms with Crippen LogP contribution in [0.15, 0.2) is 5.38 Å². The third-order valence-corrected chi connectivity index (χ3v) is 6.12. The lowest BCUT2D eigenvalue weighted by Gasteiger charge is -2.31. The molecule has 2 fully saturated rings. The Balaban J connectivity index is 1.78. The Hall–Kier alpha value is -0.100. The number of hydrogen-bond donors (Lipinski definition) is 1. The zero-order valence-corrected chi connectivity index (χ0v) is 11.5. The van der Waals surface area contributed by atoms with E-state index >= 15 is 0 Å². The Morgan fingerprint density at radius 1 is 1.41 bits per heavy atom. The van der Waals surface area contributed by atoms with Crippen molar-refractivity contribution in [2.75, 3.05) is 19.0 Å². The molecule has 0 amide bonds. The molecule has 3 nitrogen and oxygen atoms in total. The normalized spacial score (nSPS) is 28.4. The molecule has 3 rings (SSSR count). The van der Waals surface area contributed by atoms with Crippen molar-refractivity contribution in [1.29, 1.82) is 0 Å². The van der Waals surface area contributed by atoms with Gasteiger partial charge in [-0.2, -0.15) is 11.8 Å². The topological polar surface area (TPSA) is 48.1 Å². The lowest BCUT2D eigenvalue weighted by Crippen LogP contribution is -2.42. The fourth-order valence-corrected chi connectivity index (χ4v) is 4.89. The summed E-state index contributed by atoms with van der Waals surface area (Å²) >= 11 is 3.82. The maximum Gasteiger partial charge on any atom is 0.106 e. The number of hydrogen-bond acceptors (Lipinski definition) is 5. The van der Waals surface area contributed by atoms with Gasteiger partial charge in [-0.15, -0.1) is 11.3 Å². The number of aromatic nitrogens is 1. The quantitative estimate of drug-likeness (QED) is 0.897. The van der Waals surface area contributed by atoms with Crippen LogP contribution in [0.1, 0.15) is 41.6 Å². The zero-order valence-electron chi connectivity index (χ0n) is 9.85. The second-order valence-corrected chi connectivity index (χ2v) is 7.04. The van der Waals surface area contributed by atoms with E-state index in [1.165, 1.54) is 23.6 Å². The molecule has 2 N–H and O–H groups in total. The molecule has 5 heteroatoms. The van der Waals surface area contributed by atoms with Crippen molar-refractivity contribution in [2.24, 2.45) is 5.73 Å². The third-order valence-electron chi connectivity index (χ3n) is 3.62. The summed E-state index contributed by atoms with van der Waals surface area (Å²) < 4.78 is 5.38. The zero-order chi connectivity index (χ0) is 11.7. The van der Waals surface area contributed by atoms with Crippen LogP contribution in [-0.2, 0) is 10.3 Å². The van der Waals surface area contributed by atoms with Crippen LogP contribution >= 0.6 is 23.1 Å². The predicted molar refractivity (Wildman–Crippen MR) is 72.5 cm³/mol. The summed E-state index contributed by atoms with van der Waals surface area (Å²) in [6.07, 6.45) is 4.39. The lowest BCUT2D eigenvalue weighted by atomic mass is 9.88. The van der Waals surface area contributed by atoms with Crippen LogP contribution in [0, 0.1) is 0 Å². The highest BCUT2D eigenvalue weighted by Crippen LogP contribution is 2.42. The van der Waals surface area contributed by atoms with E-state index in [1.807, 2.05) is 11.8 Å². The van der Waals surface area contributed by atoms with Gasteiger partial charge in [0.2, 0.25) is 0 Å². The Morgan fingerprint density at radius 2 is 2.24 bits per heavy atom. The van der Waals surface area contributed by atoms with Crippen LogP contribution < -0.4 is 5.73 Å². The van der Waals surface area contributed by atoms with Crippen molar-refractivity contribution in [1.82, 2.24) is 4.98 Å². The average Bonchev–Trinajstić information content (AvgIpc) is 3.01. The Labute approximate surface area is 110 Å². The second-order valence-electron chi connectivity index (χ2n) is 4.84. The molecule has 2 saturated heterocycles. The molecule has 0 spiro atoms. The fraction of sp³-hybridized carbons (Fsp3) is 0.750. The van der Waals surface area contributed by atoms with Gasteiger partial charge in [-0.1, -0.05) is 0 Å². The van der Waals surface area contributed by atoms with E-state index in [1.54, 1.807) is 11.3 Å². The molecular weight excluding hydrogens is 252 g/mol. The number of ether oxygens (including phenoxy) is 1. The van der Waals surface area contributed by atoms with E-state index in [0.717, 1.165) is 31.7 Å². The van der Waals surface area contributed by atoms with Crippen LogP contribution in [0.25, 0.3) is 0 Å². The maximum absolute atomic E-state index is 6.45. The number of rotatable bonds is 2. The van der Waals surface area contributed by atoms with Crippen molar-refractivity contribution in [2.45, 2.75) is 36.5 Å². The lowest BCUT2D eigenvalue weighted by molar-refractivity contribution is 0.0509. The van der Waals surface area contributed by atoms with E-state index in [9.17, 15) is 0 Å². The molecule has 1 unspecified atom stereocenters. The van der Waals surface area contributed by atoms with Crippen LogP contribution in [0.4, 0.5) is 0 Å². The fourth-order valence-electron chi connectivity index (χ4n) is 2.43.